The lowest BCUT2D eigenvalue weighted by atomic mass is 10.2. The second-order valence-corrected chi connectivity index (χ2v) is 2.25. The van der Waals surface area contributed by atoms with Gasteiger partial charge in [0.05, 0.1) is 6.26 Å². The normalized spacial score (nSPS) is 9.80. The van der Waals surface area contributed by atoms with Gasteiger partial charge in [-0.3, -0.25) is 4.79 Å². The van der Waals surface area contributed by atoms with Crippen LogP contribution in [0.5, 0.6) is 0 Å². The predicted octanol–water partition coefficient (Wildman–Crippen LogP) is 2.22. The fraction of sp³-hybridized carbons (Fsp3) is 0.286. The van der Waals surface area contributed by atoms with Crippen molar-refractivity contribution in [3.05, 3.63) is 23.7 Å². The summed E-state index contributed by atoms with van der Waals surface area (Å²) in [4.78, 5) is 10.6. The van der Waals surface area contributed by atoms with Crippen LogP contribution in [0.15, 0.2) is 16.7 Å². The molecule has 0 atom stereocenters. The number of halogens is 1. The highest BCUT2D eigenvalue weighted by atomic mass is 35.5. The summed E-state index contributed by atoms with van der Waals surface area (Å²) in [5.74, 6) is 0.268. The van der Waals surface area contributed by atoms with E-state index in [2.05, 4.69) is 0 Å². The molecule has 1 rings (SSSR count). The van der Waals surface area contributed by atoms with Gasteiger partial charge in [-0.15, -0.1) is 0 Å². The SMILES string of the molecule is CCc1ccoc1C(=O)Cl. The minimum absolute atomic E-state index is 0.268. The Kier molecular flexibility index (Phi) is 2.12. The van der Waals surface area contributed by atoms with Gasteiger partial charge in [0, 0.05) is 5.56 Å². The third-order valence-corrected chi connectivity index (χ3v) is 1.48. The van der Waals surface area contributed by atoms with Crippen molar-refractivity contribution in [3.8, 4) is 0 Å². The van der Waals surface area contributed by atoms with Gasteiger partial charge in [-0.2, -0.15) is 0 Å². The van der Waals surface area contributed by atoms with Crippen LogP contribution in [0, 0.1) is 0 Å². The molecular formula is C7H7ClO2. The topological polar surface area (TPSA) is 30.2 Å². The van der Waals surface area contributed by atoms with Crippen LogP contribution in [0.1, 0.15) is 23.0 Å². The van der Waals surface area contributed by atoms with Crippen LogP contribution in [-0.2, 0) is 6.42 Å². The summed E-state index contributed by atoms with van der Waals surface area (Å²) in [7, 11) is 0. The summed E-state index contributed by atoms with van der Waals surface area (Å²) in [5, 5.41) is -0.526. The van der Waals surface area contributed by atoms with Gasteiger partial charge < -0.3 is 4.42 Å². The maximum Gasteiger partial charge on any atom is 0.288 e. The van der Waals surface area contributed by atoms with E-state index in [4.69, 9.17) is 16.0 Å². The quantitative estimate of drug-likeness (QED) is 0.618. The zero-order chi connectivity index (χ0) is 7.56. The third-order valence-electron chi connectivity index (χ3n) is 1.31. The summed E-state index contributed by atoms with van der Waals surface area (Å²) in [6, 6.07) is 1.75. The molecule has 0 aliphatic carbocycles. The van der Waals surface area contributed by atoms with Crippen molar-refractivity contribution in [3.63, 3.8) is 0 Å². The first kappa shape index (κ1) is 7.35. The van der Waals surface area contributed by atoms with Crippen LogP contribution in [0.4, 0.5) is 0 Å². The Hall–Kier alpha value is -0.760. The first-order chi connectivity index (χ1) is 4.75. The van der Waals surface area contributed by atoms with Crippen molar-refractivity contribution in [1.82, 2.24) is 0 Å². The van der Waals surface area contributed by atoms with Gasteiger partial charge >= 0.3 is 0 Å². The van der Waals surface area contributed by atoms with Crippen molar-refractivity contribution in [2.45, 2.75) is 13.3 Å². The molecule has 10 heavy (non-hydrogen) atoms. The molecule has 0 spiro atoms. The molecule has 0 unspecified atom stereocenters. The van der Waals surface area contributed by atoms with Crippen molar-refractivity contribution < 1.29 is 9.21 Å². The van der Waals surface area contributed by atoms with E-state index in [1.54, 1.807) is 6.07 Å². The van der Waals surface area contributed by atoms with Crippen LogP contribution < -0.4 is 0 Å². The lowest BCUT2D eigenvalue weighted by Gasteiger charge is -1.89. The number of aryl methyl sites for hydroxylation is 1. The van der Waals surface area contributed by atoms with E-state index in [-0.39, 0.29) is 5.76 Å². The predicted molar refractivity (Wildman–Crippen MR) is 38.3 cm³/mol. The van der Waals surface area contributed by atoms with Gasteiger partial charge in [-0.05, 0) is 24.1 Å². The summed E-state index contributed by atoms with van der Waals surface area (Å²) in [6.07, 6.45) is 2.23. The molecule has 1 heterocycles. The molecule has 54 valence electrons. The lowest BCUT2D eigenvalue weighted by Crippen LogP contribution is -1.90. The van der Waals surface area contributed by atoms with Crippen molar-refractivity contribution in [2.75, 3.05) is 0 Å². The van der Waals surface area contributed by atoms with Crippen LogP contribution in [0.2, 0.25) is 0 Å². The maximum absolute atomic E-state index is 10.6. The molecule has 0 N–H and O–H groups in total. The average molecular weight is 159 g/mol. The highest BCUT2D eigenvalue weighted by Crippen LogP contribution is 2.12. The van der Waals surface area contributed by atoms with E-state index in [0.29, 0.717) is 0 Å². The number of furan rings is 1. The zero-order valence-corrected chi connectivity index (χ0v) is 6.31. The van der Waals surface area contributed by atoms with E-state index in [1.165, 1.54) is 6.26 Å². The molecule has 0 aromatic carbocycles. The Morgan fingerprint density at radius 3 is 2.90 bits per heavy atom. The van der Waals surface area contributed by atoms with Gasteiger partial charge in [0.1, 0.15) is 0 Å². The molecule has 0 saturated carbocycles. The van der Waals surface area contributed by atoms with Crippen LogP contribution in [0.3, 0.4) is 0 Å². The highest BCUT2D eigenvalue weighted by molar-refractivity contribution is 6.67. The largest absolute Gasteiger partial charge is 0.460 e. The van der Waals surface area contributed by atoms with E-state index in [1.807, 2.05) is 6.92 Å². The molecule has 0 fully saturated rings. The summed E-state index contributed by atoms with van der Waals surface area (Å²) >= 11 is 5.20. The first-order valence-corrected chi connectivity index (χ1v) is 3.39. The van der Waals surface area contributed by atoms with Crippen LogP contribution in [-0.4, -0.2) is 5.24 Å². The minimum Gasteiger partial charge on any atom is -0.460 e. The number of hydrogen-bond acceptors (Lipinski definition) is 2. The fourth-order valence-electron chi connectivity index (χ4n) is 0.787. The molecule has 0 bridgehead atoms. The van der Waals surface area contributed by atoms with E-state index in [9.17, 15) is 4.79 Å². The maximum atomic E-state index is 10.6. The van der Waals surface area contributed by atoms with Gasteiger partial charge in [0.25, 0.3) is 5.24 Å². The van der Waals surface area contributed by atoms with E-state index in [0.717, 1.165) is 12.0 Å². The Morgan fingerprint density at radius 2 is 2.50 bits per heavy atom. The van der Waals surface area contributed by atoms with Crippen LogP contribution >= 0.6 is 11.6 Å². The fourth-order valence-corrected chi connectivity index (χ4v) is 0.952. The van der Waals surface area contributed by atoms with E-state index >= 15 is 0 Å². The molecule has 3 heteroatoms. The van der Waals surface area contributed by atoms with Crippen molar-refractivity contribution in [2.24, 2.45) is 0 Å². The summed E-state index contributed by atoms with van der Waals surface area (Å²) < 4.78 is 4.84. The molecule has 0 aliphatic rings. The average Bonchev–Trinajstić information content (AvgIpc) is 2.33. The summed E-state index contributed by atoms with van der Waals surface area (Å²) in [5.41, 5.74) is 0.861. The molecule has 0 aliphatic heterocycles. The van der Waals surface area contributed by atoms with E-state index < -0.39 is 5.24 Å². The number of rotatable bonds is 2. The van der Waals surface area contributed by atoms with Gasteiger partial charge in [-0.1, -0.05) is 6.92 Å². The Balaban J connectivity index is 3.01. The molecule has 1 aromatic heterocycles. The highest BCUT2D eigenvalue weighted by Gasteiger charge is 2.09. The van der Waals surface area contributed by atoms with Crippen molar-refractivity contribution >= 4 is 16.8 Å². The first-order valence-electron chi connectivity index (χ1n) is 3.02. The standard InChI is InChI=1S/C7H7ClO2/c1-2-5-3-4-10-6(5)7(8)9/h3-4H,2H2,1H3. The van der Waals surface area contributed by atoms with Gasteiger partial charge in [-0.25, -0.2) is 0 Å². The second-order valence-electron chi connectivity index (χ2n) is 1.90. The third kappa shape index (κ3) is 1.21. The minimum atomic E-state index is -0.526. The number of carbonyl (C=O) groups excluding carboxylic acids is 1. The molecule has 2 nitrogen and oxygen atoms in total. The van der Waals surface area contributed by atoms with Gasteiger partial charge in [0.2, 0.25) is 0 Å². The Labute approximate surface area is 63.8 Å². The smallest absolute Gasteiger partial charge is 0.288 e. The zero-order valence-electron chi connectivity index (χ0n) is 5.56. The molecule has 1 aromatic rings. The van der Waals surface area contributed by atoms with Crippen molar-refractivity contribution in [1.29, 1.82) is 0 Å². The number of hydrogen-bond donors (Lipinski definition) is 0. The molecule has 0 amide bonds. The molecule has 0 radical (unpaired) electrons. The Morgan fingerprint density at radius 1 is 1.80 bits per heavy atom. The van der Waals surface area contributed by atoms with Gasteiger partial charge in [0.15, 0.2) is 5.76 Å². The second kappa shape index (κ2) is 2.88. The molecular weight excluding hydrogens is 152 g/mol. The van der Waals surface area contributed by atoms with Crippen LogP contribution in [0.25, 0.3) is 0 Å². The Bertz CT molecular complexity index is 240. The molecule has 0 saturated heterocycles. The monoisotopic (exact) mass is 158 g/mol. The summed E-state index contributed by atoms with van der Waals surface area (Å²) in [6.45, 7) is 1.94. The lowest BCUT2D eigenvalue weighted by molar-refractivity contribution is 0.105. The number of carbonyl (C=O) groups is 1.